The molecule has 3 rings (SSSR count). The molecule has 1 atom stereocenters. The van der Waals surface area contributed by atoms with Gasteiger partial charge in [0.25, 0.3) is 0 Å². The van der Waals surface area contributed by atoms with Gasteiger partial charge >= 0.3 is 12.1 Å². The monoisotopic (exact) mass is 307 g/mol. The molecule has 3 nitrogen and oxygen atoms in total. The molecule has 22 heavy (non-hydrogen) atoms. The molecule has 0 aromatic heterocycles. The van der Waals surface area contributed by atoms with Crippen LogP contribution in [0.25, 0.3) is 0 Å². The number of nitrogens with zero attached hydrogens (tertiary/aromatic N) is 1. The molecule has 0 aliphatic carbocycles. The van der Waals surface area contributed by atoms with Crippen molar-refractivity contribution in [2.75, 3.05) is 5.06 Å². The zero-order valence-electron chi connectivity index (χ0n) is 11.4. The quantitative estimate of drug-likeness (QED) is 0.836. The van der Waals surface area contributed by atoms with Crippen LogP contribution in [0.3, 0.4) is 0 Å². The third-order valence-electron chi connectivity index (χ3n) is 3.48. The normalized spacial score (nSPS) is 18.4. The van der Waals surface area contributed by atoms with Crippen LogP contribution in [-0.4, -0.2) is 5.97 Å². The zero-order chi connectivity index (χ0) is 15.7. The number of hydrogen-bond acceptors (Lipinski definition) is 3. The maximum atomic E-state index is 12.6. The van der Waals surface area contributed by atoms with Crippen LogP contribution in [0.15, 0.2) is 54.6 Å². The molecule has 0 amide bonds. The van der Waals surface area contributed by atoms with Gasteiger partial charge in [-0.25, -0.2) is 4.79 Å². The van der Waals surface area contributed by atoms with Gasteiger partial charge in [-0.3, -0.25) is 0 Å². The van der Waals surface area contributed by atoms with Crippen LogP contribution in [0, 0.1) is 0 Å². The maximum absolute atomic E-state index is 12.6. The number of hydroxylamine groups is 1. The summed E-state index contributed by atoms with van der Waals surface area (Å²) in [5, 5.41) is 1.44. The smallest absolute Gasteiger partial charge is 0.340 e. The third-order valence-corrected chi connectivity index (χ3v) is 3.48. The number of alkyl halides is 3. The van der Waals surface area contributed by atoms with Gasteiger partial charge in [0.15, 0.2) is 0 Å². The summed E-state index contributed by atoms with van der Waals surface area (Å²) in [4.78, 5) is 16.8. The number of anilines is 1. The topological polar surface area (TPSA) is 29.5 Å². The molecule has 1 aliphatic rings. The number of para-hydroxylation sites is 1. The van der Waals surface area contributed by atoms with E-state index in [1.54, 1.807) is 24.3 Å². The van der Waals surface area contributed by atoms with Gasteiger partial charge in [0.1, 0.15) is 6.04 Å². The summed E-state index contributed by atoms with van der Waals surface area (Å²) in [6.07, 6.45) is -4.28. The van der Waals surface area contributed by atoms with Crippen molar-refractivity contribution in [1.82, 2.24) is 0 Å². The fourth-order valence-corrected chi connectivity index (χ4v) is 2.41. The zero-order valence-corrected chi connectivity index (χ0v) is 11.4. The van der Waals surface area contributed by atoms with Crippen molar-refractivity contribution in [3.8, 4) is 0 Å². The molecule has 1 unspecified atom stereocenters. The van der Waals surface area contributed by atoms with Crippen LogP contribution < -0.4 is 5.06 Å². The summed E-state index contributed by atoms with van der Waals surface area (Å²) in [6.45, 7) is 0. The van der Waals surface area contributed by atoms with Gasteiger partial charge < -0.3 is 4.84 Å². The largest absolute Gasteiger partial charge is 0.416 e. The maximum Gasteiger partial charge on any atom is 0.416 e. The first-order valence-corrected chi connectivity index (χ1v) is 6.67. The summed E-state index contributed by atoms with van der Waals surface area (Å²) in [5.74, 6) is -0.409. The second-order valence-electron chi connectivity index (χ2n) is 4.96. The van der Waals surface area contributed by atoms with E-state index in [-0.39, 0.29) is 6.42 Å². The lowest BCUT2D eigenvalue weighted by molar-refractivity contribution is -0.139. The second-order valence-corrected chi connectivity index (χ2v) is 4.96. The Kier molecular flexibility index (Phi) is 3.52. The Balaban J connectivity index is 1.91. The number of carbonyl (C=O) groups is 1. The van der Waals surface area contributed by atoms with Crippen LogP contribution in [-0.2, 0) is 15.8 Å². The lowest BCUT2D eigenvalue weighted by Gasteiger charge is -2.23. The van der Waals surface area contributed by atoms with E-state index in [0.717, 1.165) is 12.1 Å². The van der Waals surface area contributed by atoms with Crippen LogP contribution >= 0.6 is 0 Å². The van der Waals surface area contributed by atoms with Crippen LogP contribution in [0.4, 0.5) is 18.9 Å². The predicted molar refractivity (Wildman–Crippen MR) is 73.8 cm³/mol. The van der Waals surface area contributed by atoms with Crippen LogP contribution in [0.1, 0.15) is 23.6 Å². The van der Waals surface area contributed by atoms with E-state index in [0.29, 0.717) is 11.3 Å². The molecule has 0 saturated carbocycles. The minimum atomic E-state index is -4.38. The summed E-state index contributed by atoms with van der Waals surface area (Å²) >= 11 is 0. The first kappa shape index (κ1) is 14.4. The molecule has 0 radical (unpaired) electrons. The van der Waals surface area contributed by atoms with Gasteiger partial charge in [-0.05, 0) is 29.8 Å². The average Bonchev–Trinajstić information content (AvgIpc) is 2.89. The molecule has 0 bridgehead atoms. The Labute approximate surface area is 124 Å². The summed E-state index contributed by atoms with van der Waals surface area (Å²) in [7, 11) is 0. The van der Waals surface area contributed by atoms with Crippen LogP contribution in [0.5, 0.6) is 0 Å². The second kappa shape index (κ2) is 5.36. The Morgan fingerprint density at radius 2 is 1.64 bits per heavy atom. The molecule has 6 heteroatoms. The highest BCUT2D eigenvalue weighted by Crippen LogP contribution is 2.37. The lowest BCUT2D eigenvalue weighted by Crippen LogP contribution is -2.21. The van der Waals surface area contributed by atoms with Gasteiger partial charge in [0, 0.05) is 0 Å². The predicted octanol–water partition coefficient (Wildman–Crippen LogP) is 4.12. The van der Waals surface area contributed by atoms with E-state index in [1.165, 1.54) is 17.2 Å². The number of benzene rings is 2. The van der Waals surface area contributed by atoms with Crippen molar-refractivity contribution < 1.29 is 22.8 Å². The number of halogens is 3. The van der Waals surface area contributed by atoms with E-state index < -0.39 is 23.8 Å². The average molecular weight is 307 g/mol. The summed E-state index contributed by atoms with van der Waals surface area (Å²) in [5.41, 5.74) is 0.564. The van der Waals surface area contributed by atoms with Gasteiger partial charge in [0.05, 0.1) is 17.7 Å². The fraction of sp³-hybridized carbons (Fsp3) is 0.188. The molecule has 1 saturated heterocycles. The van der Waals surface area contributed by atoms with Crippen molar-refractivity contribution in [1.29, 1.82) is 0 Å². The van der Waals surface area contributed by atoms with Gasteiger partial charge in [-0.1, -0.05) is 30.3 Å². The Bertz CT molecular complexity index is 668. The SMILES string of the molecule is O=C1CC(c2ccc(C(F)(F)F)cc2)N(c2ccccc2)O1. The molecular weight excluding hydrogens is 295 g/mol. The van der Waals surface area contributed by atoms with Crippen molar-refractivity contribution in [3.63, 3.8) is 0 Å². The first-order valence-electron chi connectivity index (χ1n) is 6.67. The highest BCUT2D eigenvalue weighted by molar-refractivity contribution is 5.76. The third kappa shape index (κ3) is 2.77. The molecule has 1 heterocycles. The molecular formula is C16H12F3NO2. The van der Waals surface area contributed by atoms with Gasteiger partial charge in [0.2, 0.25) is 0 Å². The molecule has 114 valence electrons. The minimum absolute atomic E-state index is 0.0975. The Morgan fingerprint density at radius 1 is 1.00 bits per heavy atom. The number of carbonyl (C=O) groups excluding carboxylic acids is 1. The van der Waals surface area contributed by atoms with E-state index in [9.17, 15) is 18.0 Å². The number of rotatable bonds is 2. The number of hydrogen-bond donors (Lipinski definition) is 0. The van der Waals surface area contributed by atoms with Gasteiger partial charge in [-0.15, -0.1) is 0 Å². The lowest BCUT2D eigenvalue weighted by atomic mass is 10.0. The van der Waals surface area contributed by atoms with Crippen molar-refractivity contribution in [2.24, 2.45) is 0 Å². The standard InChI is InChI=1S/C16H12F3NO2/c17-16(18,19)12-8-6-11(7-9-12)14-10-15(21)22-20(14)13-4-2-1-3-5-13/h1-9,14H,10H2. The van der Waals surface area contributed by atoms with E-state index in [1.807, 2.05) is 6.07 Å². The van der Waals surface area contributed by atoms with Crippen LogP contribution in [0.2, 0.25) is 0 Å². The Morgan fingerprint density at radius 3 is 2.23 bits per heavy atom. The molecule has 0 spiro atoms. The molecule has 2 aromatic rings. The van der Waals surface area contributed by atoms with Crippen molar-refractivity contribution >= 4 is 11.7 Å². The Hall–Kier alpha value is -2.50. The summed E-state index contributed by atoms with van der Waals surface area (Å²) in [6, 6.07) is 13.3. The minimum Gasteiger partial charge on any atom is -0.340 e. The van der Waals surface area contributed by atoms with E-state index in [2.05, 4.69) is 0 Å². The van der Waals surface area contributed by atoms with Crippen molar-refractivity contribution in [2.45, 2.75) is 18.6 Å². The fourth-order valence-electron chi connectivity index (χ4n) is 2.41. The molecule has 1 aliphatic heterocycles. The highest BCUT2D eigenvalue weighted by atomic mass is 19.4. The van der Waals surface area contributed by atoms with Crippen molar-refractivity contribution in [3.05, 3.63) is 65.7 Å². The van der Waals surface area contributed by atoms with E-state index in [4.69, 9.17) is 4.84 Å². The molecule has 0 N–H and O–H groups in total. The van der Waals surface area contributed by atoms with Gasteiger partial charge in [-0.2, -0.15) is 18.2 Å². The first-order chi connectivity index (χ1) is 10.4. The molecule has 2 aromatic carbocycles. The summed E-state index contributed by atoms with van der Waals surface area (Å²) < 4.78 is 37.8. The molecule has 1 fully saturated rings. The highest BCUT2D eigenvalue weighted by Gasteiger charge is 2.35. The van der Waals surface area contributed by atoms with E-state index >= 15 is 0 Å².